The molecule has 0 saturated heterocycles. The summed E-state index contributed by atoms with van der Waals surface area (Å²) in [6.45, 7) is 0.280. The Balaban J connectivity index is 1.79. The van der Waals surface area contributed by atoms with Gasteiger partial charge in [0, 0.05) is 4.47 Å². The molecule has 106 valence electrons. The van der Waals surface area contributed by atoms with Crippen LogP contribution in [0.1, 0.15) is 5.82 Å². The van der Waals surface area contributed by atoms with Crippen molar-refractivity contribution in [2.75, 3.05) is 0 Å². The number of halogens is 2. The number of aromatic nitrogens is 4. The molecule has 0 radical (unpaired) electrons. The zero-order valence-electron chi connectivity index (χ0n) is 10.8. The van der Waals surface area contributed by atoms with E-state index in [-0.39, 0.29) is 6.61 Å². The lowest BCUT2D eigenvalue weighted by Crippen LogP contribution is -2.07. The molecule has 7 heteroatoms. The summed E-state index contributed by atoms with van der Waals surface area (Å²) in [6.07, 6.45) is 0. The maximum atomic E-state index is 5.77. The molecule has 5 nitrogen and oxygen atoms in total. The van der Waals surface area contributed by atoms with E-state index in [2.05, 4.69) is 47.4 Å². The van der Waals surface area contributed by atoms with E-state index in [9.17, 15) is 0 Å². The predicted molar refractivity (Wildman–Crippen MR) is 85.3 cm³/mol. The molecule has 0 aliphatic heterocycles. The van der Waals surface area contributed by atoms with Crippen molar-refractivity contribution < 1.29 is 4.74 Å². The molecule has 0 fully saturated rings. The number of hydrogen-bond donors (Lipinski definition) is 0. The highest BCUT2D eigenvalue weighted by Crippen LogP contribution is 2.28. The second-order valence-electron chi connectivity index (χ2n) is 4.21. The van der Waals surface area contributed by atoms with Gasteiger partial charge in [0.1, 0.15) is 12.4 Å². The van der Waals surface area contributed by atoms with Crippen molar-refractivity contribution in [1.82, 2.24) is 20.2 Å². The molecule has 0 spiro atoms. The second kappa shape index (κ2) is 6.36. The molecule has 1 heterocycles. The highest BCUT2D eigenvalue weighted by Gasteiger charge is 2.10. The minimum atomic E-state index is 0.280. The first-order chi connectivity index (χ1) is 10.2. The third-order valence-electron chi connectivity index (χ3n) is 2.79. The van der Waals surface area contributed by atoms with Crippen LogP contribution in [0.4, 0.5) is 0 Å². The van der Waals surface area contributed by atoms with E-state index in [4.69, 9.17) is 4.74 Å². The van der Waals surface area contributed by atoms with Crippen LogP contribution in [0.25, 0.3) is 5.69 Å². The molecule has 3 rings (SSSR count). The van der Waals surface area contributed by atoms with Gasteiger partial charge in [-0.15, -0.1) is 5.10 Å². The van der Waals surface area contributed by atoms with Gasteiger partial charge in [0.25, 0.3) is 0 Å². The molecule has 0 N–H and O–H groups in total. The van der Waals surface area contributed by atoms with E-state index in [0.29, 0.717) is 5.82 Å². The maximum absolute atomic E-state index is 5.77. The van der Waals surface area contributed by atoms with E-state index in [1.54, 1.807) is 4.68 Å². The molecule has 0 bridgehead atoms. The van der Waals surface area contributed by atoms with Gasteiger partial charge in [-0.3, -0.25) is 0 Å². The van der Waals surface area contributed by atoms with Crippen molar-refractivity contribution in [2.45, 2.75) is 6.61 Å². The lowest BCUT2D eigenvalue weighted by atomic mass is 10.3. The van der Waals surface area contributed by atoms with Crippen molar-refractivity contribution in [3.05, 3.63) is 63.3 Å². The van der Waals surface area contributed by atoms with Crippen LogP contribution in [-0.4, -0.2) is 20.2 Å². The largest absolute Gasteiger partial charge is 0.484 e. The molecule has 1 aromatic heterocycles. The van der Waals surface area contributed by atoms with Crippen LogP contribution in [0.5, 0.6) is 5.75 Å². The number of hydrogen-bond acceptors (Lipinski definition) is 4. The third kappa shape index (κ3) is 3.30. The topological polar surface area (TPSA) is 52.8 Å². The first kappa shape index (κ1) is 14.2. The number of rotatable bonds is 4. The number of tetrazole rings is 1. The third-order valence-corrected chi connectivity index (χ3v) is 3.90. The Morgan fingerprint density at radius 2 is 1.86 bits per heavy atom. The first-order valence-electron chi connectivity index (χ1n) is 6.14. The van der Waals surface area contributed by atoms with Crippen LogP contribution in [-0.2, 0) is 6.61 Å². The van der Waals surface area contributed by atoms with Crippen molar-refractivity contribution >= 4 is 31.9 Å². The molecular weight excluding hydrogens is 400 g/mol. The lowest BCUT2D eigenvalue weighted by molar-refractivity contribution is 0.290. The van der Waals surface area contributed by atoms with Gasteiger partial charge >= 0.3 is 0 Å². The van der Waals surface area contributed by atoms with Crippen LogP contribution < -0.4 is 4.74 Å². The van der Waals surface area contributed by atoms with E-state index in [1.165, 1.54) is 0 Å². The molecule has 3 aromatic rings. The van der Waals surface area contributed by atoms with Crippen LogP contribution in [0.15, 0.2) is 57.5 Å². The number of nitrogens with zero attached hydrogens (tertiary/aromatic N) is 4. The smallest absolute Gasteiger partial charge is 0.194 e. The van der Waals surface area contributed by atoms with Crippen molar-refractivity contribution in [1.29, 1.82) is 0 Å². The van der Waals surface area contributed by atoms with Gasteiger partial charge in [-0.1, -0.05) is 34.1 Å². The molecule has 0 aliphatic carbocycles. The number of benzene rings is 2. The lowest BCUT2D eigenvalue weighted by Gasteiger charge is -2.08. The zero-order chi connectivity index (χ0) is 14.7. The highest BCUT2D eigenvalue weighted by molar-refractivity contribution is 9.11. The fourth-order valence-electron chi connectivity index (χ4n) is 1.80. The Hall–Kier alpha value is -1.73. The van der Waals surface area contributed by atoms with Crippen LogP contribution in [0.3, 0.4) is 0 Å². The Kier molecular flexibility index (Phi) is 4.31. The molecule has 21 heavy (non-hydrogen) atoms. The summed E-state index contributed by atoms with van der Waals surface area (Å²) in [7, 11) is 0. The van der Waals surface area contributed by atoms with Crippen LogP contribution >= 0.6 is 31.9 Å². The summed E-state index contributed by atoms with van der Waals surface area (Å²) in [5.41, 5.74) is 0.899. The predicted octanol–water partition coefficient (Wildman–Crippen LogP) is 3.77. The maximum Gasteiger partial charge on any atom is 0.194 e. The first-order valence-corrected chi connectivity index (χ1v) is 7.73. The minimum absolute atomic E-state index is 0.280. The number of ether oxygens (including phenoxy) is 1. The molecular formula is C14H10Br2N4O. The summed E-state index contributed by atoms with van der Waals surface area (Å²) in [4.78, 5) is 0. The monoisotopic (exact) mass is 408 g/mol. The summed E-state index contributed by atoms with van der Waals surface area (Å²) < 4.78 is 9.28. The van der Waals surface area contributed by atoms with Gasteiger partial charge in [-0.25, -0.2) is 0 Å². The Bertz CT molecular complexity index is 746. The molecule has 0 atom stereocenters. The van der Waals surface area contributed by atoms with E-state index < -0.39 is 0 Å². The molecule has 0 aliphatic rings. The van der Waals surface area contributed by atoms with Gasteiger partial charge < -0.3 is 4.74 Å². The normalized spacial score (nSPS) is 10.6. The Morgan fingerprint density at radius 3 is 2.62 bits per heavy atom. The zero-order valence-corrected chi connectivity index (χ0v) is 14.0. The van der Waals surface area contributed by atoms with E-state index in [0.717, 1.165) is 20.4 Å². The Labute approximate surface area is 138 Å². The molecule has 0 unspecified atom stereocenters. The van der Waals surface area contributed by atoms with Gasteiger partial charge in [0.2, 0.25) is 0 Å². The molecule has 0 saturated carbocycles. The average molecular weight is 410 g/mol. The van der Waals surface area contributed by atoms with Crippen molar-refractivity contribution in [3.8, 4) is 11.4 Å². The number of para-hydroxylation sites is 1. The van der Waals surface area contributed by atoms with Gasteiger partial charge in [-0.2, -0.15) is 4.68 Å². The fourth-order valence-corrected chi connectivity index (χ4v) is 2.96. The summed E-state index contributed by atoms with van der Waals surface area (Å²) >= 11 is 6.87. The highest BCUT2D eigenvalue weighted by atomic mass is 79.9. The minimum Gasteiger partial charge on any atom is -0.484 e. The fraction of sp³-hybridized carbons (Fsp3) is 0.0714. The van der Waals surface area contributed by atoms with E-state index >= 15 is 0 Å². The summed E-state index contributed by atoms with van der Waals surface area (Å²) in [5, 5.41) is 11.7. The quantitative estimate of drug-likeness (QED) is 0.658. The average Bonchev–Trinajstić information content (AvgIpc) is 2.96. The van der Waals surface area contributed by atoms with Gasteiger partial charge in [0.15, 0.2) is 5.82 Å². The van der Waals surface area contributed by atoms with Crippen LogP contribution in [0.2, 0.25) is 0 Å². The summed E-state index contributed by atoms with van der Waals surface area (Å²) in [6, 6.07) is 15.4. The summed E-state index contributed by atoms with van der Waals surface area (Å²) in [5.74, 6) is 1.37. The second-order valence-corrected chi connectivity index (χ2v) is 5.98. The molecule has 0 amide bonds. The van der Waals surface area contributed by atoms with Gasteiger partial charge in [-0.05, 0) is 56.7 Å². The van der Waals surface area contributed by atoms with Crippen LogP contribution in [0, 0.1) is 0 Å². The molecule has 2 aromatic carbocycles. The van der Waals surface area contributed by atoms with Crippen molar-refractivity contribution in [2.24, 2.45) is 0 Å². The van der Waals surface area contributed by atoms with Crippen molar-refractivity contribution in [3.63, 3.8) is 0 Å². The van der Waals surface area contributed by atoms with Gasteiger partial charge in [0.05, 0.1) is 10.2 Å². The Morgan fingerprint density at radius 1 is 1.05 bits per heavy atom. The standard InChI is InChI=1S/C14H10Br2N4O/c15-10-6-7-13(12(16)8-10)21-9-14-17-18-19-20(14)11-4-2-1-3-5-11/h1-8H,9H2. The SMILES string of the molecule is Brc1ccc(OCc2nnnn2-c2ccccc2)c(Br)c1. The van der Waals surface area contributed by atoms with E-state index in [1.807, 2.05) is 48.5 Å².